The summed E-state index contributed by atoms with van der Waals surface area (Å²) in [6.07, 6.45) is 11.8. The molecule has 0 aromatic carbocycles. The van der Waals surface area contributed by atoms with E-state index in [1.54, 1.807) is 0 Å². The lowest BCUT2D eigenvalue weighted by atomic mass is 9.77. The zero-order valence-electron chi connectivity index (χ0n) is 17.2. The Morgan fingerprint density at radius 2 is 1.93 bits per heavy atom. The first-order chi connectivity index (χ1) is 14.2. The lowest BCUT2D eigenvalue weighted by Crippen LogP contribution is -2.38. The highest BCUT2D eigenvalue weighted by Crippen LogP contribution is 2.45. The quantitative estimate of drug-likeness (QED) is 0.750. The molecule has 7 nitrogen and oxygen atoms in total. The maximum absolute atomic E-state index is 6.49. The van der Waals surface area contributed by atoms with Crippen LogP contribution in [-0.2, 0) is 4.74 Å². The molecule has 0 amide bonds. The van der Waals surface area contributed by atoms with E-state index in [2.05, 4.69) is 36.1 Å². The van der Waals surface area contributed by atoms with E-state index in [1.165, 1.54) is 31.4 Å². The SMILES string of the molecule is Cc1nccc(N2C[C@H]3C[C@@H](n4cc(C5CC5)nn4)[C@H](OCC4CC4)C[C@H]3C2)n1. The summed E-state index contributed by atoms with van der Waals surface area (Å²) < 4.78 is 8.63. The average molecular weight is 395 g/mol. The van der Waals surface area contributed by atoms with Crippen LogP contribution in [0.25, 0.3) is 0 Å². The van der Waals surface area contributed by atoms with Gasteiger partial charge >= 0.3 is 0 Å². The third-order valence-electron chi connectivity index (χ3n) is 7.28. The highest BCUT2D eigenvalue weighted by Gasteiger charge is 2.45. The van der Waals surface area contributed by atoms with E-state index in [0.717, 1.165) is 50.1 Å². The number of aromatic nitrogens is 5. The Morgan fingerprint density at radius 3 is 2.69 bits per heavy atom. The Morgan fingerprint density at radius 1 is 1.10 bits per heavy atom. The van der Waals surface area contributed by atoms with Crippen LogP contribution >= 0.6 is 0 Å². The van der Waals surface area contributed by atoms with Crippen LogP contribution in [0.5, 0.6) is 0 Å². The summed E-state index contributed by atoms with van der Waals surface area (Å²) in [7, 11) is 0. The maximum atomic E-state index is 6.49. The lowest BCUT2D eigenvalue weighted by molar-refractivity contribution is -0.0375. The van der Waals surface area contributed by atoms with Gasteiger partial charge in [0.1, 0.15) is 11.6 Å². The van der Waals surface area contributed by atoms with Crippen molar-refractivity contribution in [3.63, 3.8) is 0 Å². The molecule has 0 radical (unpaired) electrons. The normalized spacial score (nSPS) is 31.8. The first-order valence-electron chi connectivity index (χ1n) is 11.3. The summed E-state index contributed by atoms with van der Waals surface area (Å²) in [4.78, 5) is 11.4. The summed E-state index contributed by atoms with van der Waals surface area (Å²) in [6.45, 7) is 5.02. The fourth-order valence-electron chi connectivity index (χ4n) is 5.22. The van der Waals surface area contributed by atoms with Gasteiger partial charge < -0.3 is 9.64 Å². The van der Waals surface area contributed by atoms with Crippen molar-refractivity contribution >= 4 is 5.82 Å². The molecular weight excluding hydrogens is 364 g/mol. The van der Waals surface area contributed by atoms with Gasteiger partial charge in [-0.15, -0.1) is 5.10 Å². The van der Waals surface area contributed by atoms with E-state index in [1.807, 2.05) is 19.2 Å². The van der Waals surface area contributed by atoms with E-state index < -0.39 is 0 Å². The predicted octanol–water partition coefficient (Wildman–Crippen LogP) is 3.14. The summed E-state index contributed by atoms with van der Waals surface area (Å²) in [5.74, 6) is 4.66. The number of hydrogen-bond donors (Lipinski definition) is 0. The summed E-state index contributed by atoms with van der Waals surface area (Å²) >= 11 is 0. The smallest absolute Gasteiger partial charge is 0.132 e. The van der Waals surface area contributed by atoms with Gasteiger partial charge in [0.05, 0.1) is 17.8 Å². The molecule has 1 saturated heterocycles. The van der Waals surface area contributed by atoms with E-state index >= 15 is 0 Å². The van der Waals surface area contributed by atoms with Gasteiger partial charge in [0.25, 0.3) is 0 Å². The molecule has 0 spiro atoms. The van der Waals surface area contributed by atoms with Crippen molar-refractivity contribution in [1.82, 2.24) is 25.0 Å². The minimum Gasteiger partial charge on any atom is -0.376 e. The third kappa shape index (κ3) is 3.65. The highest BCUT2D eigenvalue weighted by molar-refractivity contribution is 5.39. The third-order valence-corrected chi connectivity index (χ3v) is 7.28. The molecule has 0 bridgehead atoms. The largest absolute Gasteiger partial charge is 0.376 e. The van der Waals surface area contributed by atoms with Gasteiger partial charge in [0.2, 0.25) is 0 Å². The number of rotatable bonds is 6. The van der Waals surface area contributed by atoms with E-state index in [0.29, 0.717) is 23.8 Å². The first-order valence-corrected chi connectivity index (χ1v) is 11.3. The molecule has 29 heavy (non-hydrogen) atoms. The number of ether oxygens (including phenoxy) is 1. The molecular formula is C22H30N6O. The molecule has 3 heterocycles. The van der Waals surface area contributed by atoms with Crippen LogP contribution in [0, 0.1) is 24.7 Å². The molecule has 3 aliphatic carbocycles. The van der Waals surface area contributed by atoms with Crippen LogP contribution in [0.4, 0.5) is 5.82 Å². The molecule has 154 valence electrons. The summed E-state index contributed by atoms with van der Waals surface area (Å²) in [5.41, 5.74) is 1.18. The van der Waals surface area contributed by atoms with Crippen LogP contribution in [0.2, 0.25) is 0 Å². The molecule has 4 atom stereocenters. The van der Waals surface area contributed by atoms with Crippen LogP contribution in [-0.4, -0.2) is 50.8 Å². The van der Waals surface area contributed by atoms with Crippen molar-refractivity contribution in [1.29, 1.82) is 0 Å². The summed E-state index contributed by atoms with van der Waals surface area (Å²) in [5, 5.41) is 9.03. The number of aryl methyl sites for hydroxylation is 1. The highest BCUT2D eigenvalue weighted by atomic mass is 16.5. The van der Waals surface area contributed by atoms with Gasteiger partial charge in [-0.05, 0) is 69.3 Å². The van der Waals surface area contributed by atoms with Gasteiger partial charge in [0.15, 0.2) is 0 Å². The van der Waals surface area contributed by atoms with E-state index in [4.69, 9.17) is 4.74 Å². The second-order valence-electron chi connectivity index (χ2n) is 9.64. The van der Waals surface area contributed by atoms with E-state index in [9.17, 15) is 0 Å². The Kier molecular flexibility index (Phi) is 4.32. The Labute approximate surface area is 171 Å². The minimum absolute atomic E-state index is 0.248. The van der Waals surface area contributed by atoms with Gasteiger partial charge in [0, 0.05) is 38.0 Å². The molecule has 2 aromatic rings. The fraction of sp³-hybridized carbons (Fsp3) is 0.727. The average Bonchev–Trinajstić information content (AvgIpc) is 3.65. The monoisotopic (exact) mass is 394 g/mol. The molecule has 4 aliphatic rings. The predicted molar refractivity (Wildman–Crippen MR) is 109 cm³/mol. The van der Waals surface area contributed by atoms with Gasteiger partial charge in [-0.25, -0.2) is 14.6 Å². The number of hydrogen-bond acceptors (Lipinski definition) is 6. The van der Waals surface area contributed by atoms with Crippen LogP contribution in [0.15, 0.2) is 18.5 Å². The number of anilines is 1. The lowest BCUT2D eigenvalue weighted by Gasteiger charge is -2.37. The van der Waals surface area contributed by atoms with Crippen molar-refractivity contribution in [2.45, 2.75) is 63.5 Å². The van der Waals surface area contributed by atoms with Gasteiger partial charge in [-0.3, -0.25) is 0 Å². The van der Waals surface area contributed by atoms with E-state index in [-0.39, 0.29) is 6.10 Å². The first kappa shape index (κ1) is 17.8. The maximum Gasteiger partial charge on any atom is 0.132 e. The van der Waals surface area contributed by atoms with Crippen molar-refractivity contribution in [3.05, 3.63) is 30.0 Å². The number of fused-ring (bicyclic) bond motifs is 1. The van der Waals surface area contributed by atoms with Crippen molar-refractivity contribution < 1.29 is 4.74 Å². The number of nitrogens with zero attached hydrogens (tertiary/aromatic N) is 6. The van der Waals surface area contributed by atoms with Gasteiger partial charge in [-0.2, -0.15) is 0 Å². The molecule has 1 aliphatic heterocycles. The van der Waals surface area contributed by atoms with Crippen LogP contribution in [0.3, 0.4) is 0 Å². The summed E-state index contributed by atoms with van der Waals surface area (Å²) in [6, 6.07) is 2.35. The zero-order valence-corrected chi connectivity index (χ0v) is 17.2. The molecule has 3 saturated carbocycles. The Balaban J connectivity index is 1.21. The Bertz CT molecular complexity index is 876. The zero-order chi connectivity index (χ0) is 19.4. The topological polar surface area (TPSA) is 69.0 Å². The van der Waals surface area contributed by atoms with Crippen molar-refractivity contribution in [2.75, 3.05) is 24.6 Å². The fourth-order valence-corrected chi connectivity index (χ4v) is 5.22. The van der Waals surface area contributed by atoms with Crippen LogP contribution in [0.1, 0.15) is 62.0 Å². The standard InChI is InChI=1S/C22H30N6O/c1-14-23-7-6-22(24-14)27-10-17-8-20(28-12-19(25-26-28)16-4-5-16)21(9-18(17)11-27)29-13-15-2-3-15/h6-7,12,15-18,20-21H,2-5,8-11,13H2,1H3/t17-,18+,20-,21-/m1/s1. The molecule has 2 aromatic heterocycles. The van der Waals surface area contributed by atoms with Crippen LogP contribution < -0.4 is 4.90 Å². The Hall–Kier alpha value is -2.02. The second-order valence-corrected chi connectivity index (χ2v) is 9.64. The molecule has 0 N–H and O–H groups in total. The minimum atomic E-state index is 0.248. The van der Waals surface area contributed by atoms with Crippen molar-refractivity contribution in [2.24, 2.45) is 17.8 Å². The molecule has 6 rings (SSSR count). The molecule has 0 unspecified atom stereocenters. The molecule has 4 fully saturated rings. The van der Waals surface area contributed by atoms with Gasteiger partial charge in [-0.1, -0.05) is 5.21 Å². The van der Waals surface area contributed by atoms with Crippen molar-refractivity contribution in [3.8, 4) is 0 Å². The molecule has 7 heteroatoms. The second kappa shape index (κ2) is 7.04.